The number of hydrogen-bond acceptors (Lipinski definition) is 3. The zero-order valence-electron chi connectivity index (χ0n) is 9.24. The summed E-state index contributed by atoms with van der Waals surface area (Å²) in [5, 5.41) is -0.444. The van der Waals surface area contributed by atoms with Gasteiger partial charge in [0, 0.05) is 19.1 Å². The zero-order chi connectivity index (χ0) is 13.5. The summed E-state index contributed by atoms with van der Waals surface area (Å²) in [6.07, 6.45) is 0.579. The monoisotopic (exact) mass is 312 g/mol. The van der Waals surface area contributed by atoms with E-state index < -0.39 is 15.8 Å². The van der Waals surface area contributed by atoms with Gasteiger partial charge in [0.15, 0.2) is 0 Å². The van der Waals surface area contributed by atoms with Gasteiger partial charge in [-0.25, -0.2) is 12.8 Å². The highest BCUT2D eigenvalue weighted by Crippen LogP contribution is 2.33. The molecule has 1 heterocycles. The molecule has 18 heavy (non-hydrogen) atoms. The van der Waals surface area contributed by atoms with Crippen LogP contribution in [0.25, 0.3) is 0 Å². The fraction of sp³-hybridized carbons (Fsp3) is 0.400. The van der Waals surface area contributed by atoms with Gasteiger partial charge in [-0.05, 0) is 18.6 Å². The van der Waals surface area contributed by atoms with E-state index >= 15 is 0 Å². The summed E-state index contributed by atoms with van der Waals surface area (Å²) in [4.78, 5) is -0.263. The lowest BCUT2D eigenvalue weighted by Crippen LogP contribution is -2.32. The van der Waals surface area contributed by atoms with Gasteiger partial charge in [-0.3, -0.25) is 0 Å². The van der Waals surface area contributed by atoms with Crippen LogP contribution in [0.4, 0.5) is 4.39 Å². The molecule has 0 aromatic heterocycles. The molecule has 0 amide bonds. The van der Waals surface area contributed by atoms with Gasteiger partial charge < -0.3 is 5.73 Å². The fourth-order valence-corrected chi connectivity index (χ4v) is 4.52. The Bertz CT molecular complexity index is 556. The molecule has 2 rings (SSSR count). The first kappa shape index (κ1) is 14.0. The highest BCUT2D eigenvalue weighted by Gasteiger charge is 2.34. The molecule has 8 heteroatoms. The smallest absolute Gasteiger partial charge is 0.246 e. The number of hydrogen-bond donors (Lipinski definition) is 1. The van der Waals surface area contributed by atoms with Crippen LogP contribution in [0.2, 0.25) is 10.0 Å². The average Bonchev–Trinajstić information content (AvgIpc) is 2.63. The van der Waals surface area contributed by atoms with Crippen molar-refractivity contribution >= 4 is 33.2 Å². The molecule has 1 aromatic carbocycles. The first-order valence-corrected chi connectivity index (χ1v) is 7.42. The maximum atomic E-state index is 13.0. The lowest BCUT2D eigenvalue weighted by Gasteiger charge is -2.17. The highest BCUT2D eigenvalue weighted by molar-refractivity contribution is 7.89. The van der Waals surface area contributed by atoms with E-state index in [1.54, 1.807) is 0 Å². The minimum absolute atomic E-state index is 0.197. The Morgan fingerprint density at radius 3 is 2.33 bits per heavy atom. The molecule has 0 radical (unpaired) electrons. The highest BCUT2D eigenvalue weighted by atomic mass is 35.5. The van der Waals surface area contributed by atoms with E-state index in [1.807, 2.05) is 0 Å². The molecule has 1 fully saturated rings. The summed E-state index contributed by atoms with van der Waals surface area (Å²) in [5.41, 5.74) is 5.67. The van der Waals surface area contributed by atoms with Gasteiger partial charge in [-0.1, -0.05) is 23.2 Å². The second kappa shape index (κ2) is 4.94. The average molecular weight is 313 g/mol. The van der Waals surface area contributed by atoms with E-state index in [0.29, 0.717) is 13.0 Å². The number of nitrogens with two attached hydrogens (primary N) is 1. The van der Waals surface area contributed by atoms with Crippen molar-refractivity contribution in [1.82, 2.24) is 4.31 Å². The topological polar surface area (TPSA) is 63.4 Å². The van der Waals surface area contributed by atoms with Crippen molar-refractivity contribution in [2.75, 3.05) is 13.1 Å². The molecule has 1 aliphatic heterocycles. The van der Waals surface area contributed by atoms with E-state index in [1.165, 1.54) is 4.31 Å². The number of nitrogens with zero attached hydrogens (tertiary/aromatic N) is 1. The lowest BCUT2D eigenvalue weighted by molar-refractivity contribution is 0.472. The van der Waals surface area contributed by atoms with Gasteiger partial charge in [-0.2, -0.15) is 4.31 Å². The molecule has 0 spiro atoms. The maximum absolute atomic E-state index is 13.0. The summed E-state index contributed by atoms with van der Waals surface area (Å²) in [7, 11) is -3.83. The summed E-state index contributed by atoms with van der Waals surface area (Å²) in [6.45, 7) is 0.528. The molecule has 100 valence electrons. The molecule has 0 saturated carbocycles. The normalized spacial score (nSPS) is 21.4. The van der Waals surface area contributed by atoms with E-state index in [0.717, 1.165) is 12.1 Å². The third-order valence-corrected chi connectivity index (χ3v) is 5.54. The van der Waals surface area contributed by atoms with Crippen LogP contribution in [0, 0.1) is 5.82 Å². The Morgan fingerprint density at radius 1 is 1.33 bits per heavy atom. The van der Waals surface area contributed by atoms with Crippen molar-refractivity contribution in [1.29, 1.82) is 0 Å². The zero-order valence-corrected chi connectivity index (χ0v) is 11.6. The Labute approximate surface area is 115 Å². The third kappa shape index (κ3) is 2.48. The van der Waals surface area contributed by atoms with Gasteiger partial charge in [0.05, 0.1) is 10.0 Å². The minimum Gasteiger partial charge on any atom is -0.326 e. The van der Waals surface area contributed by atoms with Crippen molar-refractivity contribution in [2.24, 2.45) is 5.73 Å². The Balaban J connectivity index is 2.48. The SMILES string of the molecule is NC1CCN(S(=O)(=O)c2c(Cl)cc(F)cc2Cl)C1. The van der Waals surface area contributed by atoms with Gasteiger partial charge in [0.2, 0.25) is 10.0 Å². The number of halogens is 3. The summed E-state index contributed by atoms with van der Waals surface area (Å²) in [5.74, 6) is -0.679. The Hall–Kier alpha value is -0.400. The van der Waals surface area contributed by atoms with Gasteiger partial charge >= 0.3 is 0 Å². The van der Waals surface area contributed by atoms with Crippen LogP contribution < -0.4 is 5.73 Å². The van der Waals surface area contributed by atoms with Crippen LogP contribution in [0.1, 0.15) is 6.42 Å². The van der Waals surface area contributed by atoms with E-state index in [2.05, 4.69) is 0 Å². The Morgan fingerprint density at radius 2 is 1.89 bits per heavy atom. The molecule has 1 atom stereocenters. The van der Waals surface area contributed by atoms with Crippen LogP contribution in [0.3, 0.4) is 0 Å². The van der Waals surface area contributed by atoms with Crippen LogP contribution >= 0.6 is 23.2 Å². The van der Waals surface area contributed by atoms with E-state index in [-0.39, 0.29) is 27.5 Å². The second-order valence-electron chi connectivity index (χ2n) is 4.11. The molecule has 0 aliphatic carbocycles. The van der Waals surface area contributed by atoms with Crippen molar-refractivity contribution in [3.63, 3.8) is 0 Å². The lowest BCUT2D eigenvalue weighted by atomic mass is 10.3. The quantitative estimate of drug-likeness (QED) is 0.906. The minimum atomic E-state index is -3.83. The van der Waals surface area contributed by atoms with Crippen molar-refractivity contribution < 1.29 is 12.8 Å². The Kier molecular flexibility index (Phi) is 3.85. The standard InChI is InChI=1S/C10H11Cl2FN2O2S/c11-8-3-6(13)4-9(12)10(8)18(16,17)15-2-1-7(14)5-15/h3-4,7H,1-2,5,14H2. The molecule has 1 aromatic rings. The predicted molar refractivity (Wildman–Crippen MR) is 67.8 cm³/mol. The van der Waals surface area contributed by atoms with Crippen molar-refractivity contribution in [3.05, 3.63) is 28.0 Å². The predicted octanol–water partition coefficient (Wildman–Crippen LogP) is 1.85. The maximum Gasteiger partial charge on any atom is 0.246 e. The first-order chi connectivity index (χ1) is 8.32. The van der Waals surface area contributed by atoms with E-state index in [9.17, 15) is 12.8 Å². The van der Waals surface area contributed by atoms with Gasteiger partial charge in [-0.15, -0.1) is 0 Å². The molecule has 2 N–H and O–H groups in total. The molecule has 1 unspecified atom stereocenters. The summed E-state index contributed by atoms with van der Waals surface area (Å²) >= 11 is 11.5. The summed E-state index contributed by atoms with van der Waals surface area (Å²) in [6, 6.07) is 1.66. The van der Waals surface area contributed by atoms with Crippen LogP contribution in [-0.4, -0.2) is 31.9 Å². The van der Waals surface area contributed by atoms with Gasteiger partial charge in [0.25, 0.3) is 0 Å². The summed E-state index contributed by atoms with van der Waals surface area (Å²) < 4.78 is 38.9. The number of sulfonamides is 1. The fourth-order valence-electron chi connectivity index (χ4n) is 1.88. The van der Waals surface area contributed by atoms with Crippen molar-refractivity contribution in [3.8, 4) is 0 Å². The first-order valence-electron chi connectivity index (χ1n) is 5.22. The second-order valence-corrected chi connectivity index (χ2v) is 6.80. The van der Waals surface area contributed by atoms with Crippen molar-refractivity contribution in [2.45, 2.75) is 17.4 Å². The molecular weight excluding hydrogens is 302 g/mol. The molecule has 1 aliphatic rings. The third-order valence-electron chi connectivity index (χ3n) is 2.75. The molecule has 1 saturated heterocycles. The molecule has 4 nitrogen and oxygen atoms in total. The number of benzene rings is 1. The van der Waals surface area contributed by atoms with Crippen LogP contribution in [0.5, 0.6) is 0 Å². The van der Waals surface area contributed by atoms with E-state index in [4.69, 9.17) is 28.9 Å². The van der Waals surface area contributed by atoms with Crippen LogP contribution in [0.15, 0.2) is 17.0 Å². The number of rotatable bonds is 2. The largest absolute Gasteiger partial charge is 0.326 e. The molecular formula is C10H11Cl2FN2O2S. The van der Waals surface area contributed by atoms with Gasteiger partial charge in [0.1, 0.15) is 10.7 Å². The molecule has 0 bridgehead atoms. The van der Waals surface area contributed by atoms with Crippen LogP contribution in [-0.2, 0) is 10.0 Å².